The molecule has 0 N–H and O–H groups in total. The van der Waals surface area contributed by atoms with Gasteiger partial charge in [-0.3, -0.25) is 14.0 Å². The molecule has 1 aliphatic heterocycles. The fourth-order valence-electron chi connectivity index (χ4n) is 2.84. The molecule has 0 saturated carbocycles. The molecule has 1 amide bonds. The molecule has 1 saturated heterocycles. The number of piperidine rings is 1. The van der Waals surface area contributed by atoms with E-state index in [1.54, 1.807) is 29.3 Å². The van der Waals surface area contributed by atoms with Crippen LogP contribution in [0.25, 0.3) is 5.65 Å². The first-order valence-corrected chi connectivity index (χ1v) is 7.58. The van der Waals surface area contributed by atoms with Gasteiger partial charge in [-0.15, -0.1) is 0 Å². The van der Waals surface area contributed by atoms with Crippen LogP contribution >= 0.6 is 0 Å². The van der Waals surface area contributed by atoms with Gasteiger partial charge in [0.2, 0.25) is 0 Å². The van der Waals surface area contributed by atoms with E-state index in [9.17, 15) is 9.59 Å². The van der Waals surface area contributed by atoms with E-state index in [0.717, 1.165) is 12.8 Å². The average Bonchev–Trinajstić information content (AvgIpc) is 2.55. The van der Waals surface area contributed by atoms with Crippen LogP contribution in [0.5, 0.6) is 0 Å². The van der Waals surface area contributed by atoms with Gasteiger partial charge in [-0.1, -0.05) is 6.07 Å². The van der Waals surface area contributed by atoms with E-state index in [4.69, 9.17) is 4.74 Å². The molecule has 1 aliphatic rings. The first-order chi connectivity index (χ1) is 10.7. The van der Waals surface area contributed by atoms with E-state index in [-0.39, 0.29) is 23.1 Å². The zero-order valence-electron chi connectivity index (χ0n) is 12.6. The van der Waals surface area contributed by atoms with Gasteiger partial charge in [0.05, 0.1) is 6.10 Å². The Labute approximate surface area is 128 Å². The van der Waals surface area contributed by atoms with Gasteiger partial charge in [-0.25, -0.2) is 4.98 Å². The van der Waals surface area contributed by atoms with Crippen molar-refractivity contribution in [2.45, 2.75) is 25.9 Å². The van der Waals surface area contributed by atoms with Crippen LogP contribution in [-0.4, -0.2) is 46.0 Å². The summed E-state index contributed by atoms with van der Waals surface area (Å²) in [6.07, 6.45) is 4.90. The second-order valence-corrected chi connectivity index (χ2v) is 5.38. The van der Waals surface area contributed by atoms with Crippen LogP contribution < -0.4 is 5.56 Å². The van der Waals surface area contributed by atoms with Gasteiger partial charge in [-0.05, 0) is 31.9 Å². The third-order valence-corrected chi connectivity index (χ3v) is 3.91. The summed E-state index contributed by atoms with van der Waals surface area (Å²) in [6, 6.07) is 5.29. The van der Waals surface area contributed by atoms with E-state index < -0.39 is 0 Å². The summed E-state index contributed by atoms with van der Waals surface area (Å²) in [4.78, 5) is 31.0. The first-order valence-electron chi connectivity index (χ1n) is 7.58. The van der Waals surface area contributed by atoms with Crippen molar-refractivity contribution in [1.29, 1.82) is 0 Å². The third-order valence-electron chi connectivity index (χ3n) is 3.91. The van der Waals surface area contributed by atoms with Crippen molar-refractivity contribution in [1.82, 2.24) is 14.3 Å². The molecule has 3 rings (SSSR count). The number of aromatic nitrogens is 2. The standard InChI is InChI=1S/C16H19N3O3/c1-2-22-12-6-5-8-18(11-12)15(20)13-10-17-14-7-3-4-9-19(14)16(13)21/h3-4,7,9-10,12H,2,5-6,8,11H2,1H3. The molecule has 6 heteroatoms. The van der Waals surface area contributed by atoms with Gasteiger partial charge in [0.1, 0.15) is 11.2 Å². The number of hydrogen-bond donors (Lipinski definition) is 0. The monoisotopic (exact) mass is 301 g/mol. The van der Waals surface area contributed by atoms with Gasteiger partial charge >= 0.3 is 0 Å². The molecule has 1 fully saturated rings. The number of likely N-dealkylation sites (tertiary alicyclic amines) is 1. The maximum Gasteiger partial charge on any atom is 0.270 e. The summed E-state index contributed by atoms with van der Waals surface area (Å²) in [5.41, 5.74) is 0.324. The molecule has 2 aromatic heterocycles. The van der Waals surface area contributed by atoms with Crippen LogP contribution in [0.3, 0.4) is 0 Å². The predicted molar refractivity (Wildman–Crippen MR) is 82.0 cm³/mol. The van der Waals surface area contributed by atoms with Crippen LogP contribution in [0.15, 0.2) is 35.4 Å². The molecule has 1 atom stereocenters. The number of nitrogens with zero attached hydrogens (tertiary/aromatic N) is 3. The molecule has 22 heavy (non-hydrogen) atoms. The average molecular weight is 301 g/mol. The molecular formula is C16H19N3O3. The summed E-state index contributed by atoms with van der Waals surface area (Å²) < 4.78 is 7.01. The molecule has 1 unspecified atom stereocenters. The van der Waals surface area contributed by atoms with Crippen molar-refractivity contribution in [3.8, 4) is 0 Å². The summed E-state index contributed by atoms with van der Waals surface area (Å²) in [6.45, 7) is 3.76. The van der Waals surface area contributed by atoms with E-state index in [1.807, 2.05) is 6.92 Å². The van der Waals surface area contributed by atoms with E-state index in [2.05, 4.69) is 4.98 Å². The quantitative estimate of drug-likeness (QED) is 0.858. The van der Waals surface area contributed by atoms with Gasteiger partial charge in [0, 0.05) is 32.1 Å². The molecule has 116 valence electrons. The third kappa shape index (κ3) is 2.74. The first kappa shape index (κ1) is 14.7. The smallest absolute Gasteiger partial charge is 0.270 e. The largest absolute Gasteiger partial charge is 0.377 e. The highest BCUT2D eigenvalue weighted by molar-refractivity contribution is 5.93. The number of pyridine rings is 1. The number of carbonyl (C=O) groups is 1. The minimum absolute atomic E-state index is 0.0545. The van der Waals surface area contributed by atoms with Crippen LogP contribution in [0.1, 0.15) is 30.1 Å². The van der Waals surface area contributed by atoms with Gasteiger partial charge < -0.3 is 9.64 Å². The fraction of sp³-hybridized carbons (Fsp3) is 0.438. The lowest BCUT2D eigenvalue weighted by atomic mass is 10.1. The Bertz CT molecular complexity index is 739. The second kappa shape index (κ2) is 6.27. The summed E-state index contributed by atoms with van der Waals surface area (Å²) in [7, 11) is 0. The molecule has 0 bridgehead atoms. The molecular weight excluding hydrogens is 282 g/mol. The Morgan fingerprint density at radius 2 is 2.32 bits per heavy atom. The Hall–Kier alpha value is -2.21. The number of ether oxygens (including phenoxy) is 1. The van der Waals surface area contributed by atoms with Gasteiger partial charge in [0.25, 0.3) is 11.5 Å². The molecule has 0 aromatic carbocycles. The Morgan fingerprint density at radius 1 is 1.45 bits per heavy atom. The minimum Gasteiger partial charge on any atom is -0.377 e. The second-order valence-electron chi connectivity index (χ2n) is 5.38. The summed E-state index contributed by atoms with van der Waals surface area (Å²) >= 11 is 0. The highest BCUT2D eigenvalue weighted by atomic mass is 16.5. The van der Waals surface area contributed by atoms with Crippen LogP contribution in [0.4, 0.5) is 0 Å². The zero-order valence-corrected chi connectivity index (χ0v) is 12.6. The Morgan fingerprint density at radius 3 is 3.14 bits per heavy atom. The SMILES string of the molecule is CCOC1CCCN(C(=O)c2cnc3ccccn3c2=O)C1. The lowest BCUT2D eigenvalue weighted by Gasteiger charge is -2.32. The number of fused-ring (bicyclic) bond motifs is 1. The van der Waals surface area contributed by atoms with Crippen LogP contribution in [-0.2, 0) is 4.74 Å². The maximum atomic E-state index is 12.6. The lowest BCUT2D eigenvalue weighted by Crippen LogP contribution is -2.45. The molecule has 0 spiro atoms. The fourth-order valence-corrected chi connectivity index (χ4v) is 2.84. The summed E-state index contributed by atoms with van der Waals surface area (Å²) in [5, 5.41) is 0. The van der Waals surface area contributed by atoms with Crippen molar-refractivity contribution in [2.75, 3.05) is 19.7 Å². The van der Waals surface area contributed by atoms with Gasteiger partial charge in [-0.2, -0.15) is 0 Å². The van der Waals surface area contributed by atoms with E-state index in [1.165, 1.54) is 10.6 Å². The van der Waals surface area contributed by atoms with Crippen LogP contribution in [0.2, 0.25) is 0 Å². The number of rotatable bonds is 3. The molecule has 3 heterocycles. The summed E-state index contributed by atoms with van der Waals surface area (Å²) in [5.74, 6) is -0.264. The number of hydrogen-bond acceptors (Lipinski definition) is 4. The normalized spacial score (nSPS) is 18.6. The Kier molecular flexibility index (Phi) is 4.20. The highest BCUT2D eigenvalue weighted by Crippen LogP contribution is 2.15. The van der Waals surface area contributed by atoms with Crippen molar-refractivity contribution >= 4 is 11.6 Å². The van der Waals surface area contributed by atoms with Crippen molar-refractivity contribution in [2.24, 2.45) is 0 Å². The minimum atomic E-state index is -0.325. The predicted octanol–water partition coefficient (Wildman–Crippen LogP) is 1.34. The topological polar surface area (TPSA) is 63.9 Å². The molecule has 0 aliphatic carbocycles. The van der Waals surface area contributed by atoms with E-state index in [0.29, 0.717) is 25.3 Å². The Balaban J connectivity index is 1.89. The van der Waals surface area contributed by atoms with Crippen LogP contribution in [0, 0.1) is 0 Å². The number of carbonyl (C=O) groups excluding carboxylic acids is 1. The molecule has 2 aromatic rings. The van der Waals surface area contributed by atoms with Gasteiger partial charge in [0.15, 0.2) is 0 Å². The highest BCUT2D eigenvalue weighted by Gasteiger charge is 2.26. The zero-order chi connectivity index (χ0) is 15.5. The van der Waals surface area contributed by atoms with Crippen molar-refractivity contribution in [3.63, 3.8) is 0 Å². The van der Waals surface area contributed by atoms with Crippen molar-refractivity contribution < 1.29 is 9.53 Å². The van der Waals surface area contributed by atoms with E-state index >= 15 is 0 Å². The lowest BCUT2D eigenvalue weighted by molar-refractivity contribution is 0.00715. The molecule has 0 radical (unpaired) electrons. The maximum absolute atomic E-state index is 12.6. The number of amides is 1. The van der Waals surface area contributed by atoms with Crippen molar-refractivity contribution in [3.05, 3.63) is 46.5 Å². The molecule has 6 nitrogen and oxygen atoms in total.